The van der Waals surface area contributed by atoms with Gasteiger partial charge < -0.3 is 9.88 Å². The van der Waals surface area contributed by atoms with Gasteiger partial charge in [0.2, 0.25) is 5.91 Å². The second kappa shape index (κ2) is 9.24. The van der Waals surface area contributed by atoms with Gasteiger partial charge in [-0.25, -0.2) is 5.43 Å². The van der Waals surface area contributed by atoms with Crippen LogP contribution >= 0.6 is 11.6 Å². The summed E-state index contributed by atoms with van der Waals surface area (Å²) in [6.45, 7) is 4.68. The molecule has 4 rings (SSSR count). The van der Waals surface area contributed by atoms with Gasteiger partial charge in [0.25, 0.3) is 5.91 Å². The quantitative estimate of drug-likeness (QED) is 0.298. The van der Waals surface area contributed by atoms with Crippen LogP contribution in [-0.4, -0.2) is 22.1 Å². The van der Waals surface area contributed by atoms with E-state index in [1.165, 1.54) is 5.52 Å². The van der Waals surface area contributed by atoms with Crippen molar-refractivity contribution in [3.63, 3.8) is 0 Å². The van der Waals surface area contributed by atoms with Crippen molar-refractivity contribution in [3.05, 3.63) is 77.3 Å². The number of rotatable bonds is 6. The monoisotopic (exact) mass is 446 g/mol. The van der Waals surface area contributed by atoms with Crippen molar-refractivity contribution in [3.8, 4) is 0 Å². The highest BCUT2D eigenvalue weighted by atomic mass is 35.5. The van der Waals surface area contributed by atoms with E-state index in [-0.39, 0.29) is 18.2 Å². The molecule has 162 valence electrons. The highest BCUT2D eigenvalue weighted by Crippen LogP contribution is 2.31. The molecule has 0 aliphatic rings. The normalized spacial score (nSPS) is 11.7. The number of aromatic nitrogens is 1. The van der Waals surface area contributed by atoms with Crippen LogP contribution in [0.5, 0.6) is 0 Å². The van der Waals surface area contributed by atoms with E-state index in [0.717, 1.165) is 28.5 Å². The Morgan fingerprint density at radius 1 is 0.969 bits per heavy atom. The van der Waals surface area contributed by atoms with Crippen molar-refractivity contribution in [2.45, 2.75) is 26.8 Å². The molecule has 0 saturated heterocycles. The third-order valence-electron chi connectivity index (χ3n) is 5.22. The Balaban J connectivity index is 1.45. The molecule has 4 aromatic rings. The third-order valence-corrected chi connectivity index (χ3v) is 5.46. The van der Waals surface area contributed by atoms with Crippen molar-refractivity contribution >= 4 is 56.6 Å². The molecular formula is C25H23ClN4O2. The summed E-state index contributed by atoms with van der Waals surface area (Å²) >= 11 is 5.91. The van der Waals surface area contributed by atoms with Gasteiger partial charge in [-0.15, -0.1) is 0 Å². The minimum Gasteiger partial charge on any atom is -0.341 e. The number of anilines is 1. The van der Waals surface area contributed by atoms with Crippen LogP contribution in [0.1, 0.15) is 30.6 Å². The number of hydrogen-bond acceptors (Lipinski definition) is 3. The lowest BCUT2D eigenvalue weighted by Crippen LogP contribution is -2.21. The number of benzene rings is 3. The SMILES string of the molecule is CCn1c2ccccc2c2cc(NC(=O)CC(C)=NNC(=O)c3cccc(Cl)c3)ccc21. The average molecular weight is 447 g/mol. The van der Waals surface area contributed by atoms with Gasteiger partial charge in [0.05, 0.1) is 6.42 Å². The lowest BCUT2D eigenvalue weighted by Gasteiger charge is -2.07. The smallest absolute Gasteiger partial charge is 0.271 e. The number of para-hydroxylation sites is 1. The average Bonchev–Trinajstić information content (AvgIpc) is 3.10. The lowest BCUT2D eigenvalue weighted by atomic mass is 10.1. The predicted octanol–water partition coefficient (Wildman–Crippen LogP) is 5.60. The summed E-state index contributed by atoms with van der Waals surface area (Å²) in [5.74, 6) is -0.591. The first-order chi connectivity index (χ1) is 15.5. The molecule has 0 atom stereocenters. The highest BCUT2D eigenvalue weighted by Gasteiger charge is 2.12. The molecule has 2 N–H and O–H groups in total. The summed E-state index contributed by atoms with van der Waals surface area (Å²) in [5, 5.41) is 9.67. The molecular weight excluding hydrogens is 424 g/mol. The Bertz CT molecular complexity index is 1360. The molecule has 0 fully saturated rings. The number of amides is 2. The maximum absolute atomic E-state index is 12.5. The molecule has 2 amide bonds. The number of fused-ring (bicyclic) bond motifs is 3. The second-order valence-electron chi connectivity index (χ2n) is 7.52. The number of hydrazone groups is 1. The molecule has 0 aliphatic heterocycles. The number of nitrogens with zero attached hydrogens (tertiary/aromatic N) is 2. The summed E-state index contributed by atoms with van der Waals surface area (Å²) < 4.78 is 2.26. The van der Waals surface area contributed by atoms with Crippen molar-refractivity contribution in [1.29, 1.82) is 0 Å². The van der Waals surface area contributed by atoms with Crippen LogP contribution in [0.25, 0.3) is 21.8 Å². The fourth-order valence-electron chi connectivity index (χ4n) is 3.79. The van der Waals surface area contributed by atoms with E-state index >= 15 is 0 Å². The Hall–Kier alpha value is -3.64. The molecule has 6 nitrogen and oxygen atoms in total. The van der Waals surface area contributed by atoms with Crippen molar-refractivity contribution in [2.75, 3.05) is 5.32 Å². The van der Waals surface area contributed by atoms with Crippen molar-refractivity contribution in [1.82, 2.24) is 9.99 Å². The molecule has 1 aromatic heterocycles. The van der Waals surface area contributed by atoms with Crippen LogP contribution in [0.2, 0.25) is 5.02 Å². The molecule has 3 aromatic carbocycles. The highest BCUT2D eigenvalue weighted by molar-refractivity contribution is 6.31. The predicted molar refractivity (Wildman–Crippen MR) is 130 cm³/mol. The molecule has 1 heterocycles. The zero-order valence-corrected chi connectivity index (χ0v) is 18.6. The Morgan fingerprint density at radius 2 is 1.75 bits per heavy atom. The van der Waals surface area contributed by atoms with Crippen molar-refractivity contribution < 1.29 is 9.59 Å². The molecule has 0 spiro atoms. The van der Waals surface area contributed by atoms with Gasteiger partial charge in [-0.05, 0) is 56.3 Å². The molecule has 0 bridgehead atoms. The van der Waals surface area contributed by atoms with Crippen LogP contribution in [0.3, 0.4) is 0 Å². The van der Waals surface area contributed by atoms with E-state index in [0.29, 0.717) is 16.3 Å². The largest absolute Gasteiger partial charge is 0.341 e. The first kappa shape index (κ1) is 21.6. The maximum atomic E-state index is 12.5. The molecule has 0 saturated carbocycles. The van der Waals surface area contributed by atoms with E-state index in [9.17, 15) is 9.59 Å². The Morgan fingerprint density at radius 3 is 2.53 bits per heavy atom. The lowest BCUT2D eigenvalue weighted by molar-refractivity contribution is -0.115. The Kier molecular flexibility index (Phi) is 6.23. The van der Waals surface area contributed by atoms with Gasteiger partial charge in [0, 0.05) is 50.3 Å². The summed E-state index contributed by atoms with van der Waals surface area (Å²) in [6, 6.07) is 20.8. The van der Waals surface area contributed by atoms with Crippen LogP contribution in [0, 0.1) is 0 Å². The van der Waals surface area contributed by atoms with Gasteiger partial charge in [0.15, 0.2) is 0 Å². The van der Waals surface area contributed by atoms with Crippen LogP contribution in [-0.2, 0) is 11.3 Å². The van der Waals surface area contributed by atoms with E-state index in [1.807, 2.05) is 30.3 Å². The molecule has 0 radical (unpaired) electrons. The van der Waals surface area contributed by atoms with Crippen LogP contribution < -0.4 is 10.7 Å². The van der Waals surface area contributed by atoms with Gasteiger partial charge in [-0.3, -0.25) is 9.59 Å². The van der Waals surface area contributed by atoms with Gasteiger partial charge in [-0.2, -0.15) is 5.10 Å². The standard InChI is InChI=1S/C25H23ClN4O2/c1-3-30-22-10-5-4-9-20(22)21-15-19(11-12-23(21)30)27-24(31)13-16(2)28-29-25(32)17-7-6-8-18(26)14-17/h4-12,14-15H,3,13H2,1-2H3,(H,27,31)(H,29,32). The van der Waals surface area contributed by atoms with E-state index < -0.39 is 0 Å². The number of carbonyl (C=O) groups is 2. The van der Waals surface area contributed by atoms with Gasteiger partial charge >= 0.3 is 0 Å². The fraction of sp³-hybridized carbons (Fsp3) is 0.160. The van der Waals surface area contributed by atoms with Gasteiger partial charge in [0.1, 0.15) is 0 Å². The molecule has 7 heteroatoms. The van der Waals surface area contributed by atoms with E-state index in [4.69, 9.17) is 11.6 Å². The molecule has 32 heavy (non-hydrogen) atoms. The number of halogens is 1. The van der Waals surface area contributed by atoms with E-state index in [1.54, 1.807) is 31.2 Å². The number of carbonyl (C=O) groups excluding carboxylic acids is 2. The summed E-state index contributed by atoms with van der Waals surface area (Å²) in [6.07, 6.45) is 0.0601. The molecule has 0 unspecified atom stereocenters. The number of nitrogens with one attached hydrogen (secondary N) is 2. The van der Waals surface area contributed by atoms with Crippen LogP contribution in [0.4, 0.5) is 5.69 Å². The van der Waals surface area contributed by atoms with E-state index in [2.05, 4.69) is 39.5 Å². The van der Waals surface area contributed by atoms with Crippen molar-refractivity contribution in [2.24, 2.45) is 5.10 Å². The summed E-state index contributed by atoms with van der Waals surface area (Å²) in [5.41, 5.74) is 6.37. The second-order valence-corrected chi connectivity index (χ2v) is 7.95. The first-order valence-electron chi connectivity index (χ1n) is 10.4. The van der Waals surface area contributed by atoms with Gasteiger partial charge in [-0.1, -0.05) is 35.9 Å². The maximum Gasteiger partial charge on any atom is 0.271 e. The summed E-state index contributed by atoms with van der Waals surface area (Å²) in [7, 11) is 0. The third kappa shape index (κ3) is 4.50. The molecule has 0 aliphatic carbocycles. The zero-order chi connectivity index (χ0) is 22.7. The number of aryl methyl sites for hydroxylation is 1. The topological polar surface area (TPSA) is 75.5 Å². The number of hydrogen-bond donors (Lipinski definition) is 2. The minimum absolute atomic E-state index is 0.0601. The Labute approximate surface area is 190 Å². The first-order valence-corrected chi connectivity index (χ1v) is 10.7. The van der Waals surface area contributed by atoms with Crippen LogP contribution in [0.15, 0.2) is 71.8 Å². The fourth-order valence-corrected chi connectivity index (χ4v) is 3.98. The zero-order valence-electron chi connectivity index (χ0n) is 17.9. The summed E-state index contributed by atoms with van der Waals surface area (Å²) in [4.78, 5) is 24.7. The minimum atomic E-state index is -0.384.